The largest absolute Gasteiger partial charge is 0.338 e. The Morgan fingerprint density at radius 3 is 2.86 bits per heavy atom. The van der Waals surface area contributed by atoms with E-state index in [1.807, 2.05) is 4.90 Å². The van der Waals surface area contributed by atoms with Crippen LogP contribution < -0.4 is 5.32 Å². The fraction of sp³-hybridized carbons (Fsp3) is 0.562. The van der Waals surface area contributed by atoms with Gasteiger partial charge in [-0.2, -0.15) is 0 Å². The highest BCUT2D eigenvalue weighted by atomic mass is 35.5. The molecule has 1 amide bonds. The second kappa shape index (κ2) is 5.93. The van der Waals surface area contributed by atoms with Crippen LogP contribution in [0.2, 0.25) is 5.02 Å². The van der Waals surface area contributed by atoms with Gasteiger partial charge in [0.1, 0.15) is 5.82 Å². The molecule has 2 aliphatic rings. The van der Waals surface area contributed by atoms with Gasteiger partial charge >= 0.3 is 0 Å². The summed E-state index contributed by atoms with van der Waals surface area (Å²) < 4.78 is 13.9. The summed E-state index contributed by atoms with van der Waals surface area (Å²) in [6, 6.07) is 4.26. The molecule has 1 unspecified atom stereocenters. The molecule has 0 aliphatic carbocycles. The lowest BCUT2D eigenvalue weighted by Crippen LogP contribution is -2.52. The van der Waals surface area contributed by atoms with Gasteiger partial charge in [0.05, 0.1) is 5.56 Å². The highest BCUT2D eigenvalue weighted by Gasteiger charge is 2.38. The topological polar surface area (TPSA) is 32.3 Å². The monoisotopic (exact) mass is 310 g/mol. The molecule has 2 saturated heterocycles. The molecule has 1 aromatic rings. The number of carbonyl (C=O) groups is 1. The number of hydrogen-bond acceptors (Lipinski definition) is 2. The summed E-state index contributed by atoms with van der Waals surface area (Å²) in [6.07, 6.45) is 4.43. The Labute approximate surface area is 129 Å². The molecule has 1 N–H and O–H groups in total. The first-order valence-corrected chi connectivity index (χ1v) is 7.93. The molecule has 3 nitrogen and oxygen atoms in total. The molecule has 2 fully saturated rings. The fourth-order valence-electron chi connectivity index (χ4n) is 3.59. The maximum atomic E-state index is 13.9. The van der Waals surface area contributed by atoms with E-state index >= 15 is 0 Å². The number of rotatable bonds is 1. The summed E-state index contributed by atoms with van der Waals surface area (Å²) >= 11 is 5.75. The molecule has 0 saturated carbocycles. The Hall–Kier alpha value is -1.13. The first kappa shape index (κ1) is 14.8. The Morgan fingerprint density at radius 2 is 2.14 bits per heavy atom. The molecule has 0 aromatic heterocycles. The van der Waals surface area contributed by atoms with E-state index in [2.05, 4.69) is 5.32 Å². The average molecular weight is 311 g/mol. The van der Waals surface area contributed by atoms with Crippen LogP contribution in [0, 0.1) is 11.2 Å². The summed E-state index contributed by atoms with van der Waals surface area (Å²) in [7, 11) is 0. The Morgan fingerprint density at radius 1 is 1.33 bits per heavy atom. The zero-order chi connectivity index (χ0) is 14.9. The van der Waals surface area contributed by atoms with Crippen molar-refractivity contribution in [2.45, 2.75) is 25.7 Å². The maximum absolute atomic E-state index is 13.9. The van der Waals surface area contributed by atoms with Crippen LogP contribution in [0.25, 0.3) is 0 Å². The van der Waals surface area contributed by atoms with E-state index in [9.17, 15) is 9.18 Å². The van der Waals surface area contributed by atoms with E-state index in [1.165, 1.54) is 12.1 Å². The number of hydrogen-bond donors (Lipinski definition) is 1. The third kappa shape index (κ3) is 3.06. The van der Waals surface area contributed by atoms with E-state index < -0.39 is 5.82 Å². The van der Waals surface area contributed by atoms with Gasteiger partial charge in [-0.3, -0.25) is 4.79 Å². The third-order valence-corrected chi connectivity index (χ3v) is 4.91. The number of halogens is 2. The van der Waals surface area contributed by atoms with Gasteiger partial charge in [0, 0.05) is 30.1 Å². The van der Waals surface area contributed by atoms with Crippen LogP contribution in [0.5, 0.6) is 0 Å². The van der Waals surface area contributed by atoms with Crippen molar-refractivity contribution in [1.29, 1.82) is 0 Å². The van der Waals surface area contributed by atoms with E-state index in [-0.39, 0.29) is 16.9 Å². The third-order valence-electron chi connectivity index (χ3n) is 4.67. The Bertz CT molecular complexity index is 538. The summed E-state index contributed by atoms with van der Waals surface area (Å²) in [6.45, 7) is 3.45. The van der Waals surface area contributed by atoms with Crippen molar-refractivity contribution in [3.05, 3.63) is 34.6 Å². The minimum atomic E-state index is -0.533. The first-order valence-electron chi connectivity index (χ1n) is 7.55. The fourth-order valence-corrected chi connectivity index (χ4v) is 3.75. The molecule has 114 valence electrons. The average Bonchev–Trinajstić information content (AvgIpc) is 2.47. The summed E-state index contributed by atoms with van der Waals surface area (Å²) in [5, 5.41) is 3.75. The molecule has 2 heterocycles. The predicted molar refractivity (Wildman–Crippen MR) is 81.1 cm³/mol. The van der Waals surface area contributed by atoms with Crippen molar-refractivity contribution in [3.8, 4) is 0 Å². The van der Waals surface area contributed by atoms with Crippen molar-refractivity contribution in [3.63, 3.8) is 0 Å². The van der Waals surface area contributed by atoms with E-state index in [1.54, 1.807) is 6.07 Å². The maximum Gasteiger partial charge on any atom is 0.256 e. The Balaban J connectivity index is 1.77. The quantitative estimate of drug-likeness (QED) is 0.864. The van der Waals surface area contributed by atoms with Crippen LogP contribution in [0.15, 0.2) is 18.2 Å². The number of likely N-dealkylation sites (tertiary alicyclic amines) is 1. The van der Waals surface area contributed by atoms with Gasteiger partial charge in [0.15, 0.2) is 0 Å². The number of benzene rings is 1. The lowest BCUT2D eigenvalue weighted by atomic mass is 9.74. The number of carbonyl (C=O) groups excluding carboxylic acids is 1. The van der Waals surface area contributed by atoms with Gasteiger partial charge in [0.25, 0.3) is 5.91 Å². The van der Waals surface area contributed by atoms with E-state index in [0.29, 0.717) is 11.6 Å². The van der Waals surface area contributed by atoms with Crippen LogP contribution in [0.3, 0.4) is 0 Å². The number of nitrogens with zero attached hydrogens (tertiary/aromatic N) is 1. The van der Waals surface area contributed by atoms with Crippen LogP contribution in [-0.2, 0) is 0 Å². The molecule has 0 bridgehead atoms. The van der Waals surface area contributed by atoms with Crippen LogP contribution in [0.4, 0.5) is 4.39 Å². The van der Waals surface area contributed by atoms with Crippen LogP contribution in [0.1, 0.15) is 36.0 Å². The van der Waals surface area contributed by atoms with Crippen molar-refractivity contribution < 1.29 is 9.18 Å². The number of amides is 1. The molecule has 3 rings (SSSR count). The Kier molecular flexibility index (Phi) is 4.18. The zero-order valence-electron chi connectivity index (χ0n) is 12.0. The zero-order valence-corrected chi connectivity index (χ0v) is 12.8. The summed E-state index contributed by atoms with van der Waals surface area (Å²) in [5.41, 5.74) is 0.301. The molecule has 21 heavy (non-hydrogen) atoms. The SMILES string of the molecule is O=C(c1ccc(Cl)cc1F)N1CCCC2(CCCNC2)C1. The molecular formula is C16H20ClFN2O. The second-order valence-electron chi connectivity index (χ2n) is 6.23. The minimum Gasteiger partial charge on any atom is -0.338 e. The molecule has 1 aromatic carbocycles. The van der Waals surface area contributed by atoms with Gasteiger partial charge in [-0.15, -0.1) is 0 Å². The lowest BCUT2D eigenvalue weighted by molar-refractivity contribution is 0.0430. The van der Waals surface area contributed by atoms with Crippen molar-refractivity contribution in [2.75, 3.05) is 26.2 Å². The number of nitrogens with one attached hydrogen (secondary N) is 1. The van der Waals surface area contributed by atoms with Gasteiger partial charge < -0.3 is 10.2 Å². The van der Waals surface area contributed by atoms with Crippen molar-refractivity contribution in [2.24, 2.45) is 5.41 Å². The van der Waals surface area contributed by atoms with Gasteiger partial charge in [-0.25, -0.2) is 4.39 Å². The standard InChI is InChI=1S/C16H20ClFN2O/c17-12-3-4-13(14(18)9-12)15(21)20-8-2-6-16(11-20)5-1-7-19-10-16/h3-4,9,19H,1-2,5-8,10-11H2. The van der Waals surface area contributed by atoms with Crippen molar-refractivity contribution in [1.82, 2.24) is 10.2 Å². The van der Waals surface area contributed by atoms with Crippen LogP contribution in [-0.4, -0.2) is 37.0 Å². The normalized spacial score (nSPS) is 26.1. The van der Waals surface area contributed by atoms with Crippen molar-refractivity contribution >= 4 is 17.5 Å². The molecule has 0 radical (unpaired) electrons. The number of piperidine rings is 2. The highest BCUT2D eigenvalue weighted by molar-refractivity contribution is 6.30. The lowest BCUT2D eigenvalue weighted by Gasteiger charge is -2.45. The molecule has 5 heteroatoms. The van der Waals surface area contributed by atoms with Gasteiger partial charge in [-0.05, 0) is 50.4 Å². The van der Waals surface area contributed by atoms with Gasteiger partial charge in [-0.1, -0.05) is 11.6 Å². The van der Waals surface area contributed by atoms with Crippen LogP contribution >= 0.6 is 11.6 Å². The summed E-state index contributed by atoms with van der Waals surface area (Å²) in [5.74, 6) is -0.747. The predicted octanol–water partition coefficient (Wildman–Crippen LogP) is 3.08. The molecule has 1 atom stereocenters. The molecule has 1 spiro atoms. The van der Waals surface area contributed by atoms with Gasteiger partial charge in [0.2, 0.25) is 0 Å². The summed E-state index contributed by atoms with van der Waals surface area (Å²) in [4.78, 5) is 14.4. The highest BCUT2D eigenvalue weighted by Crippen LogP contribution is 2.36. The molecular weight excluding hydrogens is 291 g/mol. The smallest absolute Gasteiger partial charge is 0.256 e. The second-order valence-corrected chi connectivity index (χ2v) is 6.67. The minimum absolute atomic E-state index is 0.125. The van der Waals surface area contributed by atoms with E-state index in [4.69, 9.17) is 11.6 Å². The van der Waals surface area contributed by atoms with E-state index in [0.717, 1.165) is 45.3 Å². The first-order chi connectivity index (χ1) is 10.1. The molecule has 2 aliphatic heterocycles.